The van der Waals surface area contributed by atoms with Crippen LogP contribution in [0.5, 0.6) is 5.75 Å². The first kappa shape index (κ1) is 17.3. The molecule has 1 aliphatic rings. The highest BCUT2D eigenvalue weighted by molar-refractivity contribution is 5.68. The molecule has 0 radical (unpaired) electrons. The molecule has 2 aromatic carbocycles. The Labute approximate surface area is 149 Å². The van der Waals surface area contributed by atoms with Gasteiger partial charge in [-0.15, -0.1) is 0 Å². The van der Waals surface area contributed by atoms with E-state index in [4.69, 9.17) is 9.47 Å². The van der Waals surface area contributed by atoms with E-state index >= 15 is 0 Å². The zero-order valence-corrected chi connectivity index (χ0v) is 14.9. The zero-order chi connectivity index (χ0) is 17.6. The number of piperidine rings is 1. The monoisotopic (exact) mass is 339 g/mol. The summed E-state index contributed by atoms with van der Waals surface area (Å²) in [5.74, 6) is 1.04. The molecule has 132 valence electrons. The van der Waals surface area contributed by atoms with Crippen molar-refractivity contribution in [2.24, 2.45) is 0 Å². The van der Waals surface area contributed by atoms with Gasteiger partial charge in [0.05, 0.1) is 6.61 Å². The Morgan fingerprint density at radius 1 is 1.12 bits per heavy atom. The fourth-order valence-corrected chi connectivity index (χ4v) is 3.32. The number of ether oxygens (including phenoxy) is 2. The Bertz CT molecular complexity index is 701. The Kier molecular flexibility index (Phi) is 5.59. The zero-order valence-electron chi connectivity index (χ0n) is 14.9. The summed E-state index contributed by atoms with van der Waals surface area (Å²) in [6.45, 7) is 5.55. The van der Waals surface area contributed by atoms with E-state index in [9.17, 15) is 4.79 Å². The van der Waals surface area contributed by atoms with Gasteiger partial charge in [0.1, 0.15) is 11.9 Å². The summed E-state index contributed by atoms with van der Waals surface area (Å²) in [6, 6.07) is 18.4. The molecule has 2 unspecified atom stereocenters. The van der Waals surface area contributed by atoms with E-state index < -0.39 is 0 Å². The van der Waals surface area contributed by atoms with Crippen LogP contribution in [0.25, 0.3) is 0 Å². The molecule has 2 aromatic rings. The molecule has 25 heavy (non-hydrogen) atoms. The van der Waals surface area contributed by atoms with Crippen LogP contribution in [-0.2, 0) is 4.74 Å². The number of benzene rings is 2. The van der Waals surface area contributed by atoms with Crippen molar-refractivity contribution in [3.05, 3.63) is 65.7 Å². The van der Waals surface area contributed by atoms with Gasteiger partial charge in [-0.25, -0.2) is 4.79 Å². The van der Waals surface area contributed by atoms with Crippen molar-refractivity contribution in [2.75, 3.05) is 19.7 Å². The Morgan fingerprint density at radius 3 is 2.56 bits per heavy atom. The molecule has 3 rings (SSSR count). The van der Waals surface area contributed by atoms with Gasteiger partial charge in [-0.1, -0.05) is 48.5 Å². The Balaban J connectivity index is 1.81. The first-order chi connectivity index (χ1) is 12.2. The topological polar surface area (TPSA) is 38.8 Å². The minimum absolute atomic E-state index is 0.0363. The average Bonchev–Trinajstić information content (AvgIpc) is 2.65. The van der Waals surface area contributed by atoms with Gasteiger partial charge in [0, 0.05) is 25.4 Å². The number of likely N-dealkylation sites (tertiary alicyclic amines) is 1. The standard InChI is InChI=1S/C21H25NO3/c1-3-24-21(23)22-14-13-20(25-19-12-8-7-9-16(19)2)18(15-22)17-10-5-4-6-11-17/h4-12,18,20H,3,13-15H2,1-2H3. The molecule has 2 atom stereocenters. The van der Waals surface area contributed by atoms with E-state index in [0.29, 0.717) is 19.7 Å². The Hall–Kier alpha value is -2.49. The lowest BCUT2D eigenvalue weighted by molar-refractivity contribution is 0.0571. The van der Waals surface area contributed by atoms with Crippen molar-refractivity contribution in [3.8, 4) is 5.75 Å². The van der Waals surface area contributed by atoms with E-state index in [0.717, 1.165) is 17.7 Å². The number of hydrogen-bond acceptors (Lipinski definition) is 3. The molecule has 1 aliphatic heterocycles. The highest BCUT2D eigenvalue weighted by Crippen LogP contribution is 2.32. The molecule has 0 bridgehead atoms. The van der Waals surface area contributed by atoms with Crippen LogP contribution in [0.4, 0.5) is 4.79 Å². The van der Waals surface area contributed by atoms with Crippen molar-refractivity contribution in [2.45, 2.75) is 32.3 Å². The summed E-state index contributed by atoms with van der Waals surface area (Å²) >= 11 is 0. The molecule has 0 saturated carbocycles. The van der Waals surface area contributed by atoms with E-state index in [1.54, 1.807) is 4.90 Å². The second kappa shape index (κ2) is 8.06. The lowest BCUT2D eigenvalue weighted by Crippen LogP contribution is -2.47. The fraction of sp³-hybridized carbons (Fsp3) is 0.381. The van der Waals surface area contributed by atoms with Crippen molar-refractivity contribution in [1.82, 2.24) is 4.90 Å². The number of amides is 1. The average molecular weight is 339 g/mol. The third kappa shape index (κ3) is 4.13. The maximum Gasteiger partial charge on any atom is 0.409 e. The van der Waals surface area contributed by atoms with Crippen LogP contribution in [0, 0.1) is 6.92 Å². The maximum absolute atomic E-state index is 12.2. The quantitative estimate of drug-likeness (QED) is 0.829. The third-order valence-corrected chi connectivity index (χ3v) is 4.68. The SMILES string of the molecule is CCOC(=O)N1CCC(Oc2ccccc2C)C(c2ccccc2)C1. The minimum atomic E-state index is -0.238. The van der Waals surface area contributed by atoms with Crippen LogP contribution in [0.1, 0.15) is 30.4 Å². The van der Waals surface area contributed by atoms with Gasteiger partial charge in [0.15, 0.2) is 0 Å². The molecule has 0 spiro atoms. The summed E-state index contributed by atoms with van der Waals surface area (Å²) in [5, 5.41) is 0. The van der Waals surface area contributed by atoms with Crippen molar-refractivity contribution >= 4 is 6.09 Å². The highest BCUT2D eigenvalue weighted by atomic mass is 16.6. The molecule has 1 heterocycles. The number of hydrogen-bond donors (Lipinski definition) is 0. The number of rotatable bonds is 4. The molecule has 0 N–H and O–H groups in total. The van der Waals surface area contributed by atoms with Gasteiger partial charge >= 0.3 is 6.09 Å². The summed E-state index contributed by atoms with van der Waals surface area (Å²) in [6.07, 6.45) is 0.583. The molecule has 1 amide bonds. The molecular formula is C21H25NO3. The lowest BCUT2D eigenvalue weighted by atomic mass is 9.88. The van der Waals surface area contributed by atoms with Gasteiger partial charge in [0.2, 0.25) is 0 Å². The fourth-order valence-electron chi connectivity index (χ4n) is 3.32. The van der Waals surface area contributed by atoms with Gasteiger partial charge in [-0.05, 0) is 31.0 Å². The van der Waals surface area contributed by atoms with Gasteiger partial charge in [-0.2, -0.15) is 0 Å². The summed E-state index contributed by atoms with van der Waals surface area (Å²) < 4.78 is 11.5. The summed E-state index contributed by atoms with van der Waals surface area (Å²) in [4.78, 5) is 13.9. The van der Waals surface area contributed by atoms with E-state index in [1.165, 1.54) is 5.56 Å². The first-order valence-corrected chi connectivity index (χ1v) is 8.88. The molecule has 4 heteroatoms. The van der Waals surface area contributed by atoms with E-state index in [1.807, 2.05) is 43.3 Å². The smallest absolute Gasteiger partial charge is 0.409 e. The summed E-state index contributed by atoms with van der Waals surface area (Å²) in [5.41, 5.74) is 2.32. The third-order valence-electron chi connectivity index (χ3n) is 4.68. The predicted molar refractivity (Wildman–Crippen MR) is 98.0 cm³/mol. The number of carbonyl (C=O) groups excluding carboxylic acids is 1. The van der Waals surface area contributed by atoms with Crippen LogP contribution < -0.4 is 4.74 Å². The van der Waals surface area contributed by atoms with Crippen LogP contribution in [-0.4, -0.2) is 36.8 Å². The number of carbonyl (C=O) groups is 1. The lowest BCUT2D eigenvalue weighted by Gasteiger charge is -2.38. The second-order valence-electron chi connectivity index (χ2n) is 6.37. The molecule has 1 saturated heterocycles. The molecule has 4 nitrogen and oxygen atoms in total. The van der Waals surface area contributed by atoms with Gasteiger partial charge < -0.3 is 14.4 Å². The largest absolute Gasteiger partial charge is 0.489 e. The molecule has 0 aromatic heterocycles. The molecule has 1 fully saturated rings. The number of nitrogens with zero attached hydrogens (tertiary/aromatic N) is 1. The Morgan fingerprint density at radius 2 is 1.84 bits per heavy atom. The van der Waals surface area contributed by atoms with Gasteiger partial charge in [0.25, 0.3) is 0 Å². The van der Waals surface area contributed by atoms with Crippen molar-refractivity contribution in [1.29, 1.82) is 0 Å². The van der Waals surface area contributed by atoms with Crippen molar-refractivity contribution in [3.63, 3.8) is 0 Å². The molecule has 0 aliphatic carbocycles. The summed E-state index contributed by atoms with van der Waals surface area (Å²) in [7, 11) is 0. The van der Waals surface area contributed by atoms with E-state index in [-0.39, 0.29) is 18.1 Å². The predicted octanol–water partition coefficient (Wildman–Crippen LogP) is 4.39. The van der Waals surface area contributed by atoms with Crippen molar-refractivity contribution < 1.29 is 14.3 Å². The van der Waals surface area contributed by atoms with Crippen LogP contribution >= 0.6 is 0 Å². The van der Waals surface area contributed by atoms with Crippen LogP contribution in [0.15, 0.2) is 54.6 Å². The molecular weight excluding hydrogens is 314 g/mol. The van der Waals surface area contributed by atoms with Gasteiger partial charge in [-0.3, -0.25) is 0 Å². The number of para-hydroxylation sites is 1. The normalized spacial score (nSPS) is 20.2. The second-order valence-corrected chi connectivity index (χ2v) is 6.37. The van der Waals surface area contributed by atoms with Crippen LogP contribution in [0.3, 0.4) is 0 Å². The number of aryl methyl sites for hydroxylation is 1. The minimum Gasteiger partial charge on any atom is -0.489 e. The van der Waals surface area contributed by atoms with Crippen LogP contribution in [0.2, 0.25) is 0 Å². The maximum atomic E-state index is 12.2. The van der Waals surface area contributed by atoms with E-state index in [2.05, 4.69) is 25.1 Å². The first-order valence-electron chi connectivity index (χ1n) is 8.88. The highest BCUT2D eigenvalue weighted by Gasteiger charge is 2.34.